The van der Waals surface area contributed by atoms with E-state index in [4.69, 9.17) is 9.47 Å². The van der Waals surface area contributed by atoms with Gasteiger partial charge in [-0.05, 0) is 50.3 Å². The Balaban J connectivity index is 1.45. The van der Waals surface area contributed by atoms with Crippen molar-refractivity contribution < 1.29 is 14.3 Å². The molecule has 1 N–H and O–H groups in total. The van der Waals surface area contributed by atoms with Crippen LogP contribution in [0.2, 0.25) is 0 Å². The fraction of sp³-hybridized carbons (Fsp3) is 0.435. The number of carbonyl (C=O) groups is 1. The summed E-state index contributed by atoms with van der Waals surface area (Å²) in [4.78, 5) is 32.2. The van der Waals surface area contributed by atoms with E-state index < -0.39 is 0 Å². The van der Waals surface area contributed by atoms with Gasteiger partial charge in [-0.3, -0.25) is 14.2 Å². The molecule has 0 saturated carbocycles. The molecule has 0 spiro atoms. The van der Waals surface area contributed by atoms with Gasteiger partial charge in [-0.15, -0.1) is 11.3 Å². The summed E-state index contributed by atoms with van der Waals surface area (Å²) < 4.78 is 12.2. The summed E-state index contributed by atoms with van der Waals surface area (Å²) in [5.74, 6) is 1.21. The largest absolute Gasteiger partial charge is 0.497 e. The van der Waals surface area contributed by atoms with Crippen LogP contribution in [-0.4, -0.2) is 29.7 Å². The van der Waals surface area contributed by atoms with Crippen LogP contribution in [0, 0.1) is 0 Å². The first-order valence-corrected chi connectivity index (χ1v) is 11.3. The van der Waals surface area contributed by atoms with Gasteiger partial charge >= 0.3 is 0 Å². The van der Waals surface area contributed by atoms with Crippen LogP contribution in [0.5, 0.6) is 11.5 Å². The van der Waals surface area contributed by atoms with Gasteiger partial charge in [0.25, 0.3) is 5.56 Å². The van der Waals surface area contributed by atoms with Gasteiger partial charge in [-0.2, -0.15) is 0 Å². The van der Waals surface area contributed by atoms with Crippen molar-refractivity contribution in [1.29, 1.82) is 0 Å². The first kappa shape index (κ1) is 21.4. The maximum atomic E-state index is 13.0. The second-order valence-corrected chi connectivity index (χ2v) is 8.86. The Morgan fingerprint density at radius 3 is 2.84 bits per heavy atom. The molecule has 2 heterocycles. The Labute approximate surface area is 185 Å². The van der Waals surface area contributed by atoms with Crippen molar-refractivity contribution in [2.24, 2.45) is 0 Å². The number of aromatic nitrogens is 2. The molecule has 2 aromatic heterocycles. The molecule has 3 aromatic rings. The van der Waals surface area contributed by atoms with E-state index in [1.54, 1.807) is 42.5 Å². The summed E-state index contributed by atoms with van der Waals surface area (Å²) in [6.45, 7) is 2.20. The zero-order valence-electron chi connectivity index (χ0n) is 18.1. The molecular weight excluding hydrogens is 414 g/mol. The monoisotopic (exact) mass is 441 g/mol. The highest BCUT2D eigenvalue weighted by molar-refractivity contribution is 7.18. The van der Waals surface area contributed by atoms with Crippen molar-refractivity contribution in [1.82, 2.24) is 14.9 Å². The Kier molecular flexibility index (Phi) is 6.27. The molecule has 1 atom stereocenters. The smallest absolute Gasteiger partial charge is 0.262 e. The second-order valence-electron chi connectivity index (χ2n) is 7.78. The maximum Gasteiger partial charge on any atom is 0.262 e. The number of nitrogens with zero attached hydrogens (tertiary/aromatic N) is 2. The number of aryl methyl sites for hydroxylation is 3. The molecular formula is C23H27N3O4S. The average molecular weight is 442 g/mol. The lowest BCUT2D eigenvalue weighted by Gasteiger charge is -2.18. The molecule has 0 aliphatic heterocycles. The molecule has 7 nitrogen and oxygen atoms in total. The molecule has 0 bridgehead atoms. The van der Waals surface area contributed by atoms with Crippen molar-refractivity contribution in [3.8, 4) is 11.5 Å². The zero-order chi connectivity index (χ0) is 22.0. The molecule has 31 heavy (non-hydrogen) atoms. The van der Waals surface area contributed by atoms with Crippen LogP contribution in [0.4, 0.5) is 0 Å². The van der Waals surface area contributed by atoms with Crippen LogP contribution in [0.3, 0.4) is 0 Å². The zero-order valence-corrected chi connectivity index (χ0v) is 18.9. The molecule has 0 fully saturated rings. The average Bonchev–Trinajstić information content (AvgIpc) is 3.17. The number of amides is 1. The number of ether oxygens (including phenoxy) is 2. The van der Waals surface area contributed by atoms with Crippen molar-refractivity contribution >= 4 is 27.5 Å². The van der Waals surface area contributed by atoms with Crippen molar-refractivity contribution in [2.45, 2.75) is 51.6 Å². The third-order valence-electron chi connectivity index (χ3n) is 5.81. The summed E-state index contributed by atoms with van der Waals surface area (Å²) in [5.41, 5.74) is 1.99. The quantitative estimate of drug-likeness (QED) is 0.606. The molecule has 0 saturated heterocycles. The van der Waals surface area contributed by atoms with Crippen LogP contribution in [0.1, 0.15) is 48.2 Å². The van der Waals surface area contributed by atoms with Crippen molar-refractivity contribution in [3.05, 3.63) is 50.9 Å². The lowest BCUT2D eigenvalue weighted by Crippen LogP contribution is -2.29. The number of hydrogen-bond donors (Lipinski definition) is 1. The molecule has 1 amide bonds. The van der Waals surface area contributed by atoms with Gasteiger partial charge < -0.3 is 14.8 Å². The van der Waals surface area contributed by atoms with Crippen LogP contribution in [-0.2, 0) is 24.2 Å². The third-order valence-corrected chi connectivity index (χ3v) is 7.01. The number of benzene rings is 1. The van der Waals surface area contributed by atoms with E-state index in [9.17, 15) is 9.59 Å². The minimum Gasteiger partial charge on any atom is -0.497 e. The van der Waals surface area contributed by atoms with Gasteiger partial charge in [0, 0.05) is 29.5 Å². The standard InChI is InChI=1S/C23H27N3O4S/c1-14(16-9-8-15(29-2)12-18(16)30-3)25-20(27)10-11-26-13-24-22-21(23(26)28)17-6-4-5-7-19(17)31-22/h8-9,12-14H,4-7,10-11H2,1-3H3,(H,25,27). The molecule has 164 valence electrons. The summed E-state index contributed by atoms with van der Waals surface area (Å²) in [6, 6.07) is 5.27. The van der Waals surface area contributed by atoms with Crippen LogP contribution >= 0.6 is 11.3 Å². The van der Waals surface area contributed by atoms with Gasteiger partial charge in [-0.1, -0.05) is 0 Å². The fourth-order valence-electron chi connectivity index (χ4n) is 4.13. The van der Waals surface area contributed by atoms with Gasteiger partial charge in [-0.25, -0.2) is 4.98 Å². The van der Waals surface area contributed by atoms with Crippen LogP contribution in [0.15, 0.2) is 29.3 Å². The maximum absolute atomic E-state index is 13.0. The van der Waals surface area contributed by atoms with Crippen molar-refractivity contribution in [2.75, 3.05) is 14.2 Å². The van der Waals surface area contributed by atoms with E-state index in [0.29, 0.717) is 18.0 Å². The Morgan fingerprint density at radius 1 is 1.26 bits per heavy atom. The number of rotatable bonds is 7. The first-order chi connectivity index (χ1) is 15.0. The molecule has 1 aromatic carbocycles. The highest BCUT2D eigenvalue weighted by Crippen LogP contribution is 2.33. The number of thiophene rings is 1. The SMILES string of the molecule is COc1ccc(C(C)NC(=O)CCn2cnc3sc4c(c3c2=O)CCCC4)c(OC)c1. The van der Waals surface area contributed by atoms with E-state index in [1.165, 1.54) is 16.9 Å². The lowest BCUT2D eigenvalue weighted by atomic mass is 9.97. The van der Waals surface area contributed by atoms with Crippen molar-refractivity contribution in [3.63, 3.8) is 0 Å². The Morgan fingerprint density at radius 2 is 2.06 bits per heavy atom. The summed E-state index contributed by atoms with van der Waals surface area (Å²) in [5, 5.41) is 3.74. The fourth-order valence-corrected chi connectivity index (χ4v) is 5.35. The summed E-state index contributed by atoms with van der Waals surface area (Å²) >= 11 is 1.63. The van der Waals surface area contributed by atoms with Crippen LogP contribution < -0.4 is 20.3 Å². The highest BCUT2D eigenvalue weighted by Gasteiger charge is 2.20. The number of methoxy groups -OCH3 is 2. The molecule has 0 radical (unpaired) electrons. The number of hydrogen-bond acceptors (Lipinski definition) is 6. The predicted molar refractivity (Wildman–Crippen MR) is 121 cm³/mol. The van der Waals surface area contributed by atoms with Crippen LogP contribution in [0.25, 0.3) is 10.2 Å². The van der Waals surface area contributed by atoms with E-state index in [2.05, 4.69) is 10.3 Å². The van der Waals surface area contributed by atoms with Gasteiger partial charge in [0.05, 0.1) is 32.0 Å². The summed E-state index contributed by atoms with van der Waals surface area (Å²) in [7, 11) is 3.19. The molecule has 4 rings (SSSR count). The Hall–Kier alpha value is -2.87. The minimum atomic E-state index is -0.241. The second kappa shape index (κ2) is 9.09. The predicted octanol–water partition coefficient (Wildman–Crippen LogP) is 3.62. The number of nitrogens with one attached hydrogen (secondary N) is 1. The highest BCUT2D eigenvalue weighted by atomic mass is 32.1. The van der Waals surface area contributed by atoms with E-state index >= 15 is 0 Å². The van der Waals surface area contributed by atoms with E-state index in [-0.39, 0.29) is 23.9 Å². The van der Waals surface area contributed by atoms with E-state index in [1.807, 2.05) is 19.1 Å². The van der Waals surface area contributed by atoms with Gasteiger partial charge in [0.1, 0.15) is 16.3 Å². The lowest BCUT2D eigenvalue weighted by molar-refractivity contribution is -0.122. The summed E-state index contributed by atoms with van der Waals surface area (Å²) in [6.07, 6.45) is 6.02. The number of carbonyl (C=O) groups excluding carboxylic acids is 1. The van der Waals surface area contributed by atoms with Gasteiger partial charge in [0.2, 0.25) is 5.91 Å². The molecule has 1 aliphatic carbocycles. The topological polar surface area (TPSA) is 82.5 Å². The normalized spacial score (nSPS) is 14.2. The third kappa shape index (κ3) is 4.30. The first-order valence-electron chi connectivity index (χ1n) is 10.5. The molecule has 1 aliphatic rings. The van der Waals surface area contributed by atoms with Gasteiger partial charge in [0.15, 0.2) is 0 Å². The molecule has 1 unspecified atom stereocenters. The molecule has 8 heteroatoms. The van der Waals surface area contributed by atoms with E-state index in [0.717, 1.165) is 35.0 Å². The number of fused-ring (bicyclic) bond motifs is 3. The minimum absolute atomic E-state index is 0.0397. The Bertz CT molecular complexity index is 1170.